The maximum atomic E-state index is 13.7. The van der Waals surface area contributed by atoms with Crippen molar-refractivity contribution >= 4 is 28.2 Å². The van der Waals surface area contributed by atoms with Gasteiger partial charge < -0.3 is 9.88 Å². The molecule has 1 N–H and O–H groups in total. The molecule has 8 nitrogen and oxygen atoms in total. The third-order valence-electron chi connectivity index (χ3n) is 8.39. The molecule has 2 fully saturated rings. The Balaban J connectivity index is 1.41. The number of anilines is 1. The maximum Gasteiger partial charge on any atom is 0.253 e. The first kappa shape index (κ1) is 25.1. The molecule has 38 heavy (non-hydrogen) atoms. The molecule has 2 aromatic heterocycles. The van der Waals surface area contributed by atoms with Gasteiger partial charge in [-0.25, -0.2) is 4.68 Å². The molecule has 6 rings (SSSR count). The lowest BCUT2D eigenvalue weighted by Gasteiger charge is -2.40. The van der Waals surface area contributed by atoms with Crippen molar-refractivity contribution in [3.05, 3.63) is 79.9 Å². The van der Waals surface area contributed by atoms with Crippen LogP contribution in [-0.2, 0) is 0 Å². The van der Waals surface area contributed by atoms with Crippen LogP contribution >= 0.6 is 11.6 Å². The quantitative estimate of drug-likeness (QED) is 0.385. The van der Waals surface area contributed by atoms with E-state index in [0.717, 1.165) is 71.9 Å². The highest BCUT2D eigenvalue weighted by molar-refractivity contribution is 6.30. The van der Waals surface area contributed by atoms with E-state index in [1.807, 2.05) is 23.7 Å². The van der Waals surface area contributed by atoms with Gasteiger partial charge in [-0.2, -0.15) is 0 Å². The summed E-state index contributed by atoms with van der Waals surface area (Å²) in [6.07, 6.45) is 4.50. The van der Waals surface area contributed by atoms with Crippen molar-refractivity contribution in [2.24, 2.45) is 0 Å². The third-order valence-corrected chi connectivity index (χ3v) is 8.63. The van der Waals surface area contributed by atoms with Crippen molar-refractivity contribution < 1.29 is 0 Å². The number of rotatable bonds is 5. The van der Waals surface area contributed by atoms with Crippen molar-refractivity contribution in [1.29, 1.82) is 0 Å². The zero-order chi connectivity index (χ0) is 26.4. The summed E-state index contributed by atoms with van der Waals surface area (Å²) in [5.41, 5.74) is 6.10. The zero-order valence-corrected chi connectivity index (χ0v) is 23.0. The van der Waals surface area contributed by atoms with Gasteiger partial charge in [0, 0.05) is 47.8 Å². The molecule has 2 aliphatic rings. The summed E-state index contributed by atoms with van der Waals surface area (Å²) in [6.45, 7) is 9.45. The summed E-state index contributed by atoms with van der Waals surface area (Å²) in [7, 11) is 0. The minimum atomic E-state index is -0.332. The smallest absolute Gasteiger partial charge is 0.253 e. The number of hydrogen-bond donors (Lipinski definition) is 1. The van der Waals surface area contributed by atoms with Crippen molar-refractivity contribution in [2.45, 2.75) is 58.5 Å². The van der Waals surface area contributed by atoms with Gasteiger partial charge in [0.25, 0.3) is 5.56 Å². The highest BCUT2D eigenvalue weighted by atomic mass is 35.5. The van der Waals surface area contributed by atoms with Gasteiger partial charge >= 0.3 is 0 Å². The number of halogens is 1. The van der Waals surface area contributed by atoms with Gasteiger partial charge in [0.1, 0.15) is 6.04 Å². The SMILES string of the molecule is Cc1ccc(Cl)cc1N1CCN([C@@H](c2cc3c(C)ccc(C)c3[nH]c2=O)c2nnnn2C2CCCC2)CC1. The molecule has 1 saturated heterocycles. The number of H-pyrrole nitrogens is 1. The summed E-state index contributed by atoms with van der Waals surface area (Å²) >= 11 is 6.33. The lowest BCUT2D eigenvalue weighted by molar-refractivity contribution is 0.197. The number of aryl methyl sites for hydroxylation is 3. The molecule has 0 bridgehead atoms. The summed E-state index contributed by atoms with van der Waals surface area (Å²) in [5.74, 6) is 0.763. The fourth-order valence-electron chi connectivity index (χ4n) is 6.23. The van der Waals surface area contributed by atoms with Gasteiger partial charge in [-0.15, -0.1) is 5.10 Å². The Bertz CT molecular complexity index is 1530. The average molecular weight is 532 g/mol. The number of benzene rings is 2. The van der Waals surface area contributed by atoms with E-state index in [4.69, 9.17) is 11.6 Å². The van der Waals surface area contributed by atoms with Gasteiger partial charge in [-0.3, -0.25) is 9.69 Å². The number of nitrogens with zero attached hydrogens (tertiary/aromatic N) is 6. The molecule has 1 atom stereocenters. The van der Waals surface area contributed by atoms with Crippen molar-refractivity contribution in [3.8, 4) is 0 Å². The normalized spacial score (nSPS) is 17.9. The molecule has 198 valence electrons. The summed E-state index contributed by atoms with van der Waals surface area (Å²) < 4.78 is 2.00. The Kier molecular flexibility index (Phi) is 6.70. The maximum absolute atomic E-state index is 13.7. The minimum absolute atomic E-state index is 0.0784. The Labute approximate surface area is 227 Å². The van der Waals surface area contributed by atoms with Gasteiger partial charge in [-0.1, -0.05) is 42.6 Å². The second-order valence-electron chi connectivity index (χ2n) is 10.8. The van der Waals surface area contributed by atoms with Crippen LogP contribution in [0.25, 0.3) is 10.9 Å². The zero-order valence-electron chi connectivity index (χ0n) is 22.2. The molecule has 4 aromatic rings. The minimum Gasteiger partial charge on any atom is -0.369 e. The Morgan fingerprint density at radius 2 is 1.66 bits per heavy atom. The van der Waals surface area contributed by atoms with E-state index in [9.17, 15) is 4.79 Å². The molecule has 1 aliphatic heterocycles. The van der Waals surface area contributed by atoms with Crippen LogP contribution in [0.3, 0.4) is 0 Å². The Morgan fingerprint density at radius 3 is 2.42 bits per heavy atom. The lowest BCUT2D eigenvalue weighted by atomic mass is 9.98. The van der Waals surface area contributed by atoms with E-state index >= 15 is 0 Å². The van der Waals surface area contributed by atoms with Crippen LogP contribution in [0.1, 0.15) is 65.8 Å². The number of fused-ring (bicyclic) bond motifs is 1. The van der Waals surface area contributed by atoms with E-state index in [2.05, 4.69) is 68.4 Å². The topological polar surface area (TPSA) is 82.9 Å². The highest BCUT2D eigenvalue weighted by Gasteiger charge is 2.35. The molecule has 1 aliphatic carbocycles. The summed E-state index contributed by atoms with van der Waals surface area (Å²) in [4.78, 5) is 21.6. The summed E-state index contributed by atoms with van der Waals surface area (Å²) in [6, 6.07) is 12.2. The van der Waals surface area contributed by atoms with Gasteiger partial charge in [0.15, 0.2) is 5.82 Å². The first-order valence-electron chi connectivity index (χ1n) is 13.6. The first-order chi connectivity index (χ1) is 18.4. The molecule has 1 saturated carbocycles. The predicted molar refractivity (Wildman–Crippen MR) is 151 cm³/mol. The predicted octanol–water partition coefficient (Wildman–Crippen LogP) is 5.12. The van der Waals surface area contributed by atoms with Crippen LogP contribution in [0.4, 0.5) is 5.69 Å². The van der Waals surface area contributed by atoms with Crippen LogP contribution in [0.15, 0.2) is 41.2 Å². The highest BCUT2D eigenvalue weighted by Crippen LogP contribution is 2.35. The first-order valence-corrected chi connectivity index (χ1v) is 13.9. The number of nitrogens with one attached hydrogen (secondary N) is 1. The second-order valence-corrected chi connectivity index (χ2v) is 11.3. The number of aromatic amines is 1. The number of aromatic nitrogens is 5. The van der Waals surface area contributed by atoms with E-state index in [1.165, 1.54) is 24.1 Å². The number of tetrazole rings is 1. The van der Waals surface area contributed by atoms with Crippen LogP contribution in [0.2, 0.25) is 5.02 Å². The average Bonchev–Trinajstić information content (AvgIpc) is 3.62. The molecular weight excluding hydrogens is 498 g/mol. The van der Waals surface area contributed by atoms with Crippen molar-refractivity contribution in [3.63, 3.8) is 0 Å². The van der Waals surface area contributed by atoms with Crippen LogP contribution in [0.5, 0.6) is 0 Å². The van der Waals surface area contributed by atoms with Gasteiger partial charge in [0.05, 0.1) is 11.6 Å². The molecule has 2 aromatic carbocycles. The second kappa shape index (κ2) is 10.2. The Morgan fingerprint density at radius 1 is 0.947 bits per heavy atom. The van der Waals surface area contributed by atoms with Crippen LogP contribution in [0, 0.1) is 20.8 Å². The number of hydrogen-bond acceptors (Lipinski definition) is 6. The standard InChI is InChI=1S/C29H34ClN7O/c1-18-8-9-20(3)26-23(18)17-24(29(38)31-26)27(28-32-33-34-37(28)22-6-4-5-7-22)36-14-12-35(13-15-36)25-16-21(30)11-10-19(25)2/h8-11,16-17,22,27H,4-7,12-15H2,1-3H3,(H,31,38)/t27-/m0/s1. The molecule has 0 unspecified atom stereocenters. The largest absolute Gasteiger partial charge is 0.369 e. The lowest BCUT2D eigenvalue weighted by Crippen LogP contribution is -2.49. The summed E-state index contributed by atoms with van der Waals surface area (Å²) in [5, 5.41) is 14.9. The van der Waals surface area contributed by atoms with E-state index in [-0.39, 0.29) is 17.6 Å². The van der Waals surface area contributed by atoms with Crippen molar-refractivity contribution in [2.75, 3.05) is 31.1 Å². The van der Waals surface area contributed by atoms with E-state index in [0.29, 0.717) is 5.56 Å². The van der Waals surface area contributed by atoms with Gasteiger partial charge in [-0.05, 0) is 78.9 Å². The molecule has 3 heterocycles. The molecule has 0 amide bonds. The van der Waals surface area contributed by atoms with E-state index in [1.54, 1.807) is 0 Å². The van der Waals surface area contributed by atoms with E-state index < -0.39 is 0 Å². The number of pyridine rings is 1. The van der Waals surface area contributed by atoms with Crippen molar-refractivity contribution in [1.82, 2.24) is 30.1 Å². The van der Waals surface area contributed by atoms with Crippen LogP contribution < -0.4 is 10.5 Å². The van der Waals surface area contributed by atoms with Gasteiger partial charge in [0.2, 0.25) is 0 Å². The molecule has 9 heteroatoms. The van der Waals surface area contributed by atoms with Crippen LogP contribution in [-0.4, -0.2) is 56.3 Å². The molecule has 0 radical (unpaired) electrons. The Hall–Kier alpha value is -3.23. The monoisotopic (exact) mass is 531 g/mol. The fraction of sp³-hybridized carbons (Fsp3) is 0.448. The molecular formula is C29H34ClN7O. The molecule has 0 spiro atoms. The third kappa shape index (κ3) is 4.50. The number of piperazine rings is 1. The fourth-order valence-corrected chi connectivity index (χ4v) is 6.39.